The van der Waals surface area contributed by atoms with Crippen LogP contribution in [0.1, 0.15) is 21.6 Å². The van der Waals surface area contributed by atoms with Gasteiger partial charge in [-0.25, -0.2) is 4.68 Å². The lowest BCUT2D eigenvalue weighted by atomic mass is 10.1. The summed E-state index contributed by atoms with van der Waals surface area (Å²) in [5.74, 6) is -2.56. The van der Waals surface area contributed by atoms with E-state index in [1.54, 1.807) is 13.8 Å². The summed E-state index contributed by atoms with van der Waals surface area (Å²) in [6, 6.07) is 0. The number of carbonyl (C=O) groups is 3. The van der Waals surface area contributed by atoms with Gasteiger partial charge in [0.2, 0.25) is 5.91 Å². The quantitative estimate of drug-likeness (QED) is 0.595. The molecule has 0 unspecified atom stereocenters. The van der Waals surface area contributed by atoms with Crippen LogP contribution < -0.4 is 16.2 Å². The zero-order valence-electron chi connectivity index (χ0n) is 11.9. The number of aromatic nitrogens is 2. The van der Waals surface area contributed by atoms with E-state index in [9.17, 15) is 19.2 Å². The van der Waals surface area contributed by atoms with Crippen molar-refractivity contribution in [2.75, 3.05) is 13.1 Å². The Hall–Kier alpha value is -2.71. The average molecular weight is 296 g/mol. The van der Waals surface area contributed by atoms with Crippen LogP contribution in [0.5, 0.6) is 0 Å². The van der Waals surface area contributed by atoms with E-state index in [1.165, 1.54) is 7.05 Å². The fourth-order valence-electron chi connectivity index (χ4n) is 1.60. The first-order valence-corrected chi connectivity index (χ1v) is 6.05. The Morgan fingerprint density at radius 3 is 2.38 bits per heavy atom. The lowest BCUT2D eigenvalue weighted by Gasteiger charge is -2.10. The van der Waals surface area contributed by atoms with Crippen molar-refractivity contribution in [1.29, 1.82) is 0 Å². The molecule has 0 spiro atoms. The standard InChI is InChI=1S/C12H16N4O5/c1-6-7(2)15-16(3)12(21)10(6)11(20)14-4-8(17)13-5-9(18)19/h4-5H2,1-3H3,(H,13,17)(H,14,20)(H,18,19). The maximum absolute atomic E-state index is 12.0. The number of aliphatic carboxylic acids is 1. The first-order valence-electron chi connectivity index (χ1n) is 6.05. The Morgan fingerprint density at radius 1 is 1.19 bits per heavy atom. The number of carboxylic acid groups (broad SMARTS) is 1. The zero-order valence-corrected chi connectivity index (χ0v) is 11.9. The van der Waals surface area contributed by atoms with Crippen molar-refractivity contribution in [3.63, 3.8) is 0 Å². The van der Waals surface area contributed by atoms with Gasteiger partial charge >= 0.3 is 5.97 Å². The average Bonchev–Trinajstić information content (AvgIpc) is 2.41. The molecule has 1 aromatic rings. The molecule has 9 nitrogen and oxygen atoms in total. The van der Waals surface area contributed by atoms with Crippen LogP contribution in [0.2, 0.25) is 0 Å². The highest BCUT2D eigenvalue weighted by molar-refractivity contribution is 5.97. The van der Waals surface area contributed by atoms with Crippen LogP contribution in [0.3, 0.4) is 0 Å². The van der Waals surface area contributed by atoms with Crippen molar-refractivity contribution in [2.24, 2.45) is 7.05 Å². The Labute approximate surface area is 120 Å². The fraction of sp³-hybridized carbons (Fsp3) is 0.417. The SMILES string of the molecule is Cc1nn(C)c(=O)c(C(=O)NCC(=O)NCC(=O)O)c1C. The van der Waals surface area contributed by atoms with Crippen LogP contribution in [0.4, 0.5) is 0 Å². The van der Waals surface area contributed by atoms with Gasteiger partial charge in [0, 0.05) is 7.05 Å². The highest BCUT2D eigenvalue weighted by Crippen LogP contribution is 2.05. The van der Waals surface area contributed by atoms with Crippen molar-refractivity contribution < 1.29 is 19.5 Å². The number of hydrogen-bond donors (Lipinski definition) is 3. The molecule has 1 rings (SSSR count). The smallest absolute Gasteiger partial charge is 0.322 e. The van der Waals surface area contributed by atoms with E-state index in [4.69, 9.17) is 5.11 Å². The third kappa shape index (κ3) is 4.13. The maximum atomic E-state index is 12.0. The monoisotopic (exact) mass is 296 g/mol. The number of carbonyl (C=O) groups excluding carboxylic acids is 2. The summed E-state index contributed by atoms with van der Waals surface area (Å²) in [5, 5.41) is 16.7. The molecule has 0 aliphatic carbocycles. The van der Waals surface area contributed by atoms with Gasteiger partial charge in [-0.3, -0.25) is 19.2 Å². The lowest BCUT2D eigenvalue weighted by Crippen LogP contribution is -2.41. The van der Waals surface area contributed by atoms with E-state index >= 15 is 0 Å². The molecule has 0 atom stereocenters. The molecule has 0 saturated heterocycles. The van der Waals surface area contributed by atoms with E-state index in [-0.39, 0.29) is 5.56 Å². The third-order valence-corrected chi connectivity index (χ3v) is 2.80. The van der Waals surface area contributed by atoms with Gasteiger partial charge in [-0.05, 0) is 19.4 Å². The van der Waals surface area contributed by atoms with Crippen molar-refractivity contribution >= 4 is 17.8 Å². The number of aryl methyl sites for hydroxylation is 2. The van der Waals surface area contributed by atoms with E-state index in [0.29, 0.717) is 11.3 Å². The number of amides is 2. The van der Waals surface area contributed by atoms with Gasteiger partial charge in [0.1, 0.15) is 12.1 Å². The molecule has 0 saturated carbocycles. The van der Waals surface area contributed by atoms with Crippen molar-refractivity contribution in [2.45, 2.75) is 13.8 Å². The topological polar surface area (TPSA) is 130 Å². The maximum Gasteiger partial charge on any atom is 0.322 e. The van der Waals surface area contributed by atoms with Crippen LogP contribution in [-0.4, -0.2) is 45.8 Å². The second-order valence-electron chi connectivity index (χ2n) is 4.37. The van der Waals surface area contributed by atoms with Gasteiger partial charge in [-0.15, -0.1) is 0 Å². The molecular weight excluding hydrogens is 280 g/mol. The van der Waals surface area contributed by atoms with E-state index in [0.717, 1.165) is 4.68 Å². The van der Waals surface area contributed by atoms with Crippen LogP contribution >= 0.6 is 0 Å². The molecule has 9 heteroatoms. The summed E-state index contributed by atoms with van der Waals surface area (Å²) in [6.07, 6.45) is 0. The molecule has 0 aromatic carbocycles. The van der Waals surface area contributed by atoms with Crippen molar-refractivity contribution in [3.8, 4) is 0 Å². The molecule has 0 bridgehead atoms. The summed E-state index contributed by atoms with van der Waals surface area (Å²) >= 11 is 0. The summed E-state index contributed by atoms with van der Waals surface area (Å²) in [7, 11) is 1.42. The predicted molar refractivity (Wildman–Crippen MR) is 71.9 cm³/mol. The molecule has 3 N–H and O–H groups in total. The van der Waals surface area contributed by atoms with Gasteiger partial charge in [-0.1, -0.05) is 0 Å². The van der Waals surface area contributed by atoms with Crippen LogP contribution in [0.25, 0.3) is 0 Å². The normalized spacial score (nSPS) is 10.0. The first-order chi connectivity index (χ1) is 9.73. The molecule has 0 aliphatic rings. The molecule has 21 heavy (non-hydrogen) atoms. The Morgan fingerprint density at radius 2 is 1.81 bits per heavy atom. The zero-order chi connectivity index (χ0) is 16.2. The largest absolute Gasteiger partial charge is 0.480 e. The van der Waals surface area contributed by atoms with Gasteiger partial charge in [-0.2, -0.15) is 5.10 Å². The van der Waals surface area contributed by atoms with Gasteiger partial charge in [0.25, 0.3) is 11.5 Å². The summed E-state index contributed by atoms with van der Waals surface area (Å²) in [5.41, 5.74) is 0.303. The molecule has 0 radical (unpaired) electrons. The Bertz CT molecular complexity index is 650. The molecule has 1 heterocycles. The Balaban J connectivity index is 2.80. The van der Waals surface area contributed by atoms with Crippen LogP contribution in [-0.2, 0) is 16.6 Å². The fourth-order valence-corrected chi connectivity index (χ4v) is 1.60. The minimum absolute atomic E-state index is 0.0870. The van der Waals surface area contributed by atoms with Gasteiger partial charge in [0.05, 0.1) is 12.2 Å². The number of nitrogens with zero attached hydrogens (tertiary/aromatic N) is 2. The molecular formula is C12H16N4O5. The highest BCUT2D eigenvalue weighted by Gasteiger charge is 2.18. The lowest BCUT2D eigenvalue weighted by molar-refractivity contribution is -0.137. The van der Waals surface area contributed by atoms with Crippen molar-refractivity contribution in [3.05, 3.63) is 27.2 Å². The number of carboxylic acids is 1. The first kappa shape index (κ1) is 16.3. The van der Waals surface area contributed by atoms with E-state index in [2.05, 4.69) is 15.7 Å². The number of hydrogen-bond acceptors (Lipinski definition) is 5. The molecule has 2 amide bonds. The third-order valence-electron chi connectivity index (χ3n) is 2.80. The Kier molecular flexibility index (Phi) is 5.17. The van der Waals surface area contributed by atoms with Crippen LogP contribution in [0, 0.1) is 13.8 Å². The molecule has 1 aromatic heterocycles. The molecule has 0 fully saturated rings. The van der Waals surface area contributed by atoms with Gasteiger partial charge < -0.3 is 15.7 Å². The van der Waals surface area contributed by atoms with Gasteiger partial charge in [0.15, 0.2) is 0 Å². The second-order valence-corrected chi connectivity index (χ2v) is 4.37. The summed E-state index contributed by atoms with van der Waals surface area (Å²) in [6.45, 7) is 2.29. The van der Waals surface area contributed by atoms with Crippen molar-refractivity contribution in [1.82, 2.24) is 20.4 Å². The second kappa shape index (κ2) is 6.64. The van der Waals surface area contributed by atoms with E-state index < -0.39 is 36.4 Å². The number of rotatable bonds is 5. The summed E-state index contributed by atoms with van der Waals surface area (Å²) in [4.78, 5) is 45.5. The highest BCUT2D eigenvalue weighted by atomic mass is 16.4. The number of nitrogens with one attached hydrogen (secondary N) is 2. The summed E-state index contributed by atoms with van der Waals surface area (Å²) < 4.78 is 1.04. The minimum atomic E-state index is -1.19. The minimum Gasteiger partial charge on any atom is -0.480 e. The van der Waals surface area contributed by atoms with Crippen LogP contribution in [0.15, 0.2) is 4.79 Å². The molecule has 0 aliphatic heterocycles. The van der Waals surface area contributed by atoms with E-state index in [1.807, 2.05) is 0 Å². The molecule has 114 valence electrons. The predicted octanol–water partition coefficient (Wildman–Crippen LogP) is -1.67.